The van der Waals surface area contributed by atoms with Crippen LogP contribution in [0.3, 0.4) is 0 Å². The average molecular weight is 216 g/mol. The Morgan fingerprint density at radius 3 is 3.00 bits per heavy atom. The Balaban J connectivity index is 2.12. The summed E-state index contributed by atoms with van der Waals surface area (Å²) in [7, 11) is 0. The molecule has 0 N–H and O–H groups in total. The first kappa shape index (κ1) is 8.73. The molecule has 1 heterocycles. The van der Waals surface area contributed by atoms with Crippen LogP contribution in [0.1, 0.15) is 17.2 Å². The van der Waals surface area contributed by atoms with Crippen molar-refractivity contribution in [2.45, 2.75) is 6.04 Å². The van der Waals surface area contributed by atoms with Gasteiger partial charge in [0.1, 0.15) is 6.04 Å². The molecule has 0 saturated heterocycles. The average Bonchev–Trinajstić information content (AvgIpc) is 2.74. The van der Waals surface area contributed by atoms with E-state index in [4.69, 9.17) is 0 Å². The Kier molecular flexibility index (Phi) is 1.73. The maximum atomic E-state index is 11.2. The quantitative estimate of drug-likeness (QED) is 0.664. The predicted molar refractivity (Wildman–Crippen MR) is 61.9 cm³/mol. The minimum atomic E-state index is -0.323. The van der Waals surface area contributed by atoms with Gasteiger partial charge in [0, 0.05) is 5.57 Å². The zero-order valence-corrected chi connectivity index (χ0v) is 8.69. The van der Waals surface area contributed by atoms with Crippen molar-refractivity contribution in [3.05, 3.63) is 41.0 Å². The Hall–Kier alpha value is -1.55. The third kappa shape index (κ3) is 1.15. The van der Waals surface area contributed by atoms with E-state index in [-0.39, 0.29) is 11.3 Å². The molecule has 15 heavy (non-hydrogen) atoms. The number of amides is 1. The van der Waals surface area contributed by atoms with E-state index in [0.29, 0.717) is 0 Å². The fraction of sp³-hybridized carbons (Fsp3) is 0.0909. The molecule has 1 aliphatic heterocycles. The minimum Gasteiger partial charge on any atom is -0.260 e. The van der Waals surface area contributed by atoms with E-state index in [9.17, 15) is 4.79 Å². The number of thiol groups is 1. The van der Waals surface area contributed by atoms with Gasteiger partial charge in [-0.15, -0.1) is 0 Å². The molecule has 74 valence electrons. The number of carbonyl (C=O) groups excluding carboxylic acids is 1. The second-order valence-electron chi connectivity index (χ2n) is 3.55. The van der Waals surface area contributed by atoms with Gasteiger partial charge in [0.25, 0.3) is 5.24 Å². The van der Waals surface area contributed by atoms with Gasteiger partial charge >= 0.3 is 0 Å². The molecule has 1 atom stereocenters. The molecule has 0 fully saturated rings. The van der Waals surface area contributed by atoms with Crippen LogP contribution in [0.15, 0.2) is 34.9 Å². The minimum absolute atomic E-state index is 0.0637. The van der Waals surface area contributed by atoms with E-state index in [2.05, 4.69) is 23.8 Å². The van der Waals surface area contributed by atoms with Gasteiger partial charge in [-0.3, -0.25) is 4.79 Å². The number of nitrogens with zero attached hydrogens (tertiary/aromatic N) is 2. The molecular formula is C11H8N2OS. The lowest BCUT2D eigenvalue weighted by atomic mass is 10.1. The summed E-state index contributed by atoms with van der Waals surface area (Å²) in [5, 5.41) is 5.11. The van der Waals surface area contributed by atoms with Gasteiger partial charge in [-0.2, -0.15) is 5.10 Å². The Bertz CT molecular complexity index is 507. The van der Waals surface area contributed by atoms with E-state index >= 15 is 0 Å². The highest BCUT2D eigenvalue weighted by molar-refractivity contribution is 7.96. The second-order valence-corrected chi connectivity index (χ2v) is 3.93. The third-order valence-corrected chi connectivity index (χ3v) is 2.91. The molecule has 2 aliphatic rings. The lowest BCUT2D eigenvalue weighted by Crippen LogP contribution is -2.21. The molecule has 4 heteroatoms. The molecule has 0 aromatic heterocycles. The van der Waals surface area contributed by atoms with Crippen LogP contribution in [0.2, 0.25) is 0 Å². The van der Waals surface area contributed by atoms with Gasteiger partial charge in [0.2, 0.25) is 0 Å². The fourth-order valence-electron chi connectivity index (χ4n) is 2.07. The van der Waals surface area contributed by atoms with Crippen LogP contribution in [0, 0.1) is 0 Å². The standard InChI is InChI=1S/C11H8N2OS/c14-11(15)13-10-8(6-12-13)5-7-3-1-2-4-9(7)10/h1-6,10H,(H,14,15). The summed E-state index contributed by atoms with van der Waals surface area (Å²) >= 11 is 3.81. The summed E-state index contributed by atoms with van der Waals surface area (Å²) in [5.41, 5.74) is 3.33. The van der Waals surface area contributed by atoms with Crippen LogP contribution in [-0.4, -0.2) is 16.5 Å². The fourth-order valence-corrected chi connectivity index (χ4v) is 2.23. The first-order valence-electron chi connectivity index (χ1n) is 4.64. The highest BCUT2D eigenvalue weighted by atomic mass is 32.1. The van der Waals surface area contributed by atoms with E-state index in [1.807, 2.05) is 24.3 Å². The van der Waals surface area contributed by atoms with Gasteiger partial charge in [0.15, 0.2) is 0 Å². The monoisotopic (exact) mass is 216 g/mol. The van der Waals surface area contributed by atoms with Gasteiger partial charge in [-0.25, -0.2) is 5.01 Å². The van der Waals surface area contributed by atoms with Crippen molar-refractivity contribution < 1.29 is 4.79 Å². The first-order valence-corrected chi connectivity index (χ1v) is 5.09. The predicted octanol–water partition coefficient (Wildman–Crippen LogP) is 2.48. The number of carbonyl (C=O) groups is 1. The highest BCUT2D eigenvalue weighted by Crippen LogP contribution is 2.41. The van der Waals surface area contributed by atoms with Gasteiger partial charge in [-0.05, 0) is 17.2 Å². The van der Waals surface area contributed by atoms with Crippen molar-refractivity contribution in [3.8, 4) is 0 Å². The summed E-state index contributed by atoms with van der Waals surface area (Å²) in [6, 6.07) is 7.94. The molecule has 1 aromatic rings. The molecule has 1 amide bonds. The molecule has 3 rings (SSSR count). The molecule has 1 unspecified atom stereocenters. The Labute approximate surface area is 92.5 Å². The largest absolute Gasteiger partial charge is 0.299 e. The van der Waals surface area contributed by atoms with E-state index in [0.717, 1.165) is 16.7 Å². The number of rotatable bonds is 0. The molecule has 3 nitrogen and oxygen atoms in total. The second kappa shape index (κ2) is 2.97. The summed E-state index contributed by atoms with van der Waals surface area (Å²) in [4.78, 5) is 11.2. The van der Waals surface area contributed by atoms with Crippen molar-refractivity contribution in [1.29, 1.82) is 0 Å². The van der Waals surface area contributed by atoms with Gasteiger partial charge in [0.05, 0.1) is 6.21 Å². The van der Waals surface area contributed by atoms with Crippen molar-refractivity contribution in [2.24, 2.45) is 5.10 Å². The van der Waals surface area contributed by atoms with Crippen molar-refractivity contribution in [3.63, 3.8) is 0 Å². The van der Waals surface area contributed by atoms with Crippen molar-refractivity contribution in [2.75, 3.05) is 0 Å². The van der Waals surface area contributed by atoms with Crippen LogP contribution in [-0.2, 0) is 0 Å². The van der Waals surface area contributed by atoms with Gasteiger partial charge in [-0.1, -0.05) is 36.9 Å². The van der Waals surface area contributed by atoms with E-state index < -0.39 is 0 Å². The van der Waals surface area contributed by atoms with Crippen LogP contribution in [0.25, 0.3) is 6.08 Å². The van der Waals surface area contributed by atoms with Crippen molar-refractivity contribution in [1.82, 2.24) is 5.01 Å². The lowest BCUT2D eigenvalue weighted by Gasteiger charge is -2.18. The van der Waals surface area contributed by atoms with Crippen LogP contribution in [0.5, 0.6) is 0 Å². The zero-order chi connectivity index (χ0) is 10.4. The number of benzene rings is 1. The molecule has 1 aromatic carbocycles. The van der Waals surface area contributed by atoms with E-state index in [1.54, 1.807) is 6.21 Å². The summed E-state index contributed by atoms with van der Waals surface area (Å²) in [5.74, 6) is 0. The molecule has 0 radical (unpaired) electrons. The molecule has 0 spiro atoms. The highest BCUT2D eigenvalue weighted by Gasteiger charge is 2.35. The van der Waals surface area contributed by atoms with Crippen LogP contribution in [0.4, 0.5) is 4.79 Å². The molecule has 0 bridgehead atoms. The number of hydrazone groups is 1. The topological polar surface area (TPSA) is 32.7 Å². The van der Waals surface area contributed by atoms with Gasteiger partial charge < -0.3 is 0 Å². The summed E-state index contributed by atoms with van der Waals surface area (Å²) < 4.78 is 0. The molecular weight excluding hydrogens is 208 g/mol. The Morgan fingerprint density at radius 2 is 2.20 bits per heavy atom. The third-order valence-electron chi connectivity index (χ3n) is 2.70. The first-order chi connectivity index (χ1) is 7.27. The smallest absolute Gasteiger partial charge is 0.260 e. The summed E-state index contributed by atoms with van der Waals surface area (Å²) in [6.45, 7) is 0. The maximum absolute atomic E-state index is 11.2. The SMILES string of the molecule is O=C(S)N1N=CC2=Cc3ccccc3C21. The van der Waals surface area contributed by atoms with Crippen LogP contribution >= 0.6 is 12.6 Å². The van der Waals surface area contributed by atoms with Crippen molar-refractivity contribution >= 4 is 30.2 Å². The normalized spacial score (nSPS) is 21.3. The summed E-state index contributed by atoms with van der Waals surface area (Å²) in [6.07, 6.45) is 3.78. The Morgan fingerprint density at radius 1 is 1.40 bits per heavy atom. The number of hydrogen-bond donors (Lipinski definition) is 1. The molecule has 1 aliphatic carbocycles. The lowest BCUT2D eigenvalue weighted by molar-refractivity contribution is 0.218. The number of fused-ring (bicyclic) bond motifs is 3. The number of hydrogen-bond acceptors (Lipinski definition) is 2. The van der Waals surface area contributed by atoms with E-state index in [1.165, 1.54) is 5.01 Å². The van der Waals surface area contributed by atoms with Crippen LogP contribution < -0.4 is 0 Å². The maximum Gasteiger partial charge on any atom is 0.299 e. The molecule has 0 saturated carbocycles. The zero-order valence-electron chi connectivity index (χ0n) is 7.79.